The van der Waals surface area contributed by atoms with Crippen molar-refractivity contribution >= 4 is 17.5 Å². The number of rotatable bonds is 6. The van der Waals surface area contributed by atoms with Crippen molar-refractivity contribution in [3.05, 3.63) is 70.8 Å². The van der Waals surface area contributed by atoms with E-state index in [0.29, 0.717) is 44.4 Å². The monoisotopic (exact) mass is 548 g/mol. The zero-order chi connectivity index (χ0) is 27.1. The fraction of sp³-hybridized carbons (Fsp3) is 0.500. The lowest BCUT2D eigenvalue weighted by atomic mass is 9.74. The largest absolute Gasteiger partial charge is 0.416 e. The summed E-state index contributed by atoms with van der Waals surface area (Å²) in [5, 5.41) is 3.06. The molecule has 2 aliphatic heterocycles. The van der Waals surface area contributed by atoms with Crippen LogP contribution in [-0.4, -0.2) is 35.5 Å². The molecule has 4 nitrogen and oxygen atoms in total. The molecule has 202 valence electrons. The van der Waals surface area contributed by atoms with E-state index in [2.05, 4.69) is 5.32 Å². The van der Waals surface area contributed by atoms with E-state index in [1.54, 1.807) is 0 Å². The second-order valence-corrected chi connectivity index (χ2v) is 10.1. The van der Waals surface area contributed by atoms with Gasteiger partial charge in [-0.3, -0.25) is 9.69 Å². The minimum Gasteiger partial charge on any atom is -0.372 e. The molecule has 2 saturated heterocycles. The number of alkyl halides is 7. The summed E-state index contributed by atoms with van der Waals surface area (Å²) in [6.45, 7) is 1.85. The van der Waals surface area contributed by atoms with Crippen molar-refractivity contribution in [1.29, 1.82) is 0 Å². The van der Waals surface area contributed by atoms with Crippen LogP contribution >= 0.6 is 11.6 Å². The maximum absolute atomic E-state index is 13.4. The maximum Gasteiger partial charge on any atom is 0.416 e. The van der Waals surface area contributed by atoms with Crippen molar-refractivity contribution in [2.45, 2.75) is 62.1 Å². The highest BCUT2D eigenvalue weighted by Crippen LogP contribution is 2.45. The fourth-order valence-corrected chi connectivity index (χ4v) is 5.64. The normalized spacial score (nSPS) is 25.9. The van der Waals surface area contributed by atoms with Crippen molar-refractivity contribution in [2.24, 2.45) is 0 Å². The number of carbonyl (C=O) groups excluding carboxylic acids is 1. The lowest BCUT2D eigenvalue weighted by Crippen LogP contribution is -2.63. The van der Waals surface area contributed by atoms with Crippen LogP contribution in [0.3, 0.4) is 0 Å². The average Bonchev–Trinajstić information content (AvgIpc) is 3.22. The summed E-state index contributed by atoms with van der Waals surface area (Å²) in [7, 11) is 0. The third kappa shape index (κ3) is 5.76. The van der Waals surface area contributed by atoms with Crippen LogP contribution in [0.4, 0.5) is 26.3 Å². The zero-order valence-corrected chi connectivity index (χ0v) is 20.8. The number of halogens is 7. The number of ether oxygens (including phenoxy) is 1. The predicted octanol–water partition coefficient (Wildman–Crippen LogP) is 6.64. The Hall–Kier alpha value is -2.30. The number of carbonyl (C=O) groups is 1. The van der Waals surface area contributed by atoms with Crippen LogP contribution in [0.15, 0.2) is 48.5 Å². The molecule has 2 aromatic rings. The molecule has 2 aromatic carbocycles. The molecule has 1 amide bonds. The van der Waals surface area contributed by atoms with Gasteiger partial charge in [0.2, 0.25) is 5.91 Å². The summed E-state index contributed by atoms with van der Waals surface area (Å²) in [6, 6.07) is 10.9. The first kappa shape index (κ1) is 27.7. The van der Waals surface area contributed by atoms with Gasteiger partial charge in [0.05, 0.1) is 40.9 Å². The average molecular weight is 549 g/mol. The number of hydrogen-bond donors (Lipinski definition) is 1. The Kier molecular flexibility index (Phi) is 7.58. The molecule has 1 spiro atoms. The Morgan fingerprint density at radius 3 is 2.14 bits per heavy atom. The minimum atomic E-state index is -4.94. The molecule has 0 radical (unpaired) electrons. The molecule has 0 aromatic heterocycles. The molecule has 11 heteroatoms. The van der Waals surface area contributed by atoms with Crippen LogP contribution in [0, 0.1) is 0 Å². The van der Waals surface area contributed by atoms with Gasteiger partial charge < -0.3 is 10.1 Å². The standard InChI is InChI=1S/C26H27ClF6N2O2/c1-17(18-11-20(25(28,29)30)13-21(12-18)26(31,32)33)37-15-24(19-5-3-2-4-6-19)10-9-23(14-35(24)16-27)8-7-22(36)34-23/h2-6,11-13,17H,7-10,14-16H2,1H3,(H,34,36)/t17-,23-,24-/m1/s1. The van der Waals surface area contributed by atoms with Gasteiger partial charge >= 0.3 is 12.4 Å². The number of nitrogens with one attached hydrogen (secondary N) is 1. The van der Waals surface area contributed by atoms with Crippen molar-refractivity contribution in [3.63, 3.8) is 0 Å². The van der Waals surface area contributed by atoms with E-state index in [1.165, 1.54) is 6.92 Å². The van der Waals surface area contributed by atoms with Gasteiger partial charge in [0.25, 0.3) is 0 Å². The zero-order valence-electron chi connectivity index (χ0n) is 20.1. The quantitative estimate of drug-likeness (QED) is 0.250. The number of hydrogen-bond acceptors (Lipinski definition) is 3. The molecule has 0 aliphatic carbocycles. The summed E-state index contributed by atoms with van der Waals surface area (Å²) >= 11 is 6.39. The van der Waals surface area contributed by atoms with Crippen LogP contribution in [0.2, 0.25) is 0 Å². The first-order chi connectivity index (χ1) is 17.3. The first-order valence-corrected chi connectivity index (χ1v) is 12.4. The third-order valence-electron chi connectivity index (χ3n) is 7.46. The Labute approximate surface area is 215 Å². The molecule has 0 unspecified atom stereocenters. The molecular formula is C26H27ClF6N2O2. The highest BCUT2D eigenvalue weighted by molar-refractivity contribution is 6.17. The van der Waals surface area contributed by atoms with Gasteiger partial charge in [0.15, 0.2) is 0 Å². The predicted molar refractivity (Wildman–Crippen MR) is 126 cm³/mol. The molecule has 3 atom stereocenters. The van der Waals surface area contributed by atoms with Crippen molar-refractivity contribution in [1.82, 2.24) is 10.2 Å². The Morgan fingerprint density at radius 1 is 1.00 bits per heavy atom. The van der Waals surface area contributed by atoms with E-state index in [4.69, 9.17) is 16.3 Å². The second-order valence-electron chi connectivity index (χ2n) is 9.84. The second kappa shape index (κ2) is 10.1. The molecule has 0 bridgehead atoms. The maximum atomic E-state index is 13.4. The molecule has 37 heavy (non-hydrogen) atoms. The van der Waals surface area contributed by atoms with Crippen LogP contribution in [-0.2, 0) is 27.4 Å². The minimum absolute atomic E-state index is 0.0213. The van der Waals surface area contributed by atoms with Gasteiger partial charge in [-0.15, -0.1) is 11.6 Å². The summed E-state index contributed by atoms with van der Waals surface area (Å²) in [5.74, 6) is -0.0309. The summed E-state index contributed by atoms with van der Waals surface area (Å²) in [6.07, 6.45) is -8.73. The van der Waals surface area contributed by atoms with E-state index in [0.717, 1.165) is 5.56 Å². The SMILES string of the molecule is C[C@@H](OC[C@@]1(c2ccccc2)CC[C@]2(CCC(=O)N2)CN1CCl)c1cc(C(F)(F)F)cc(C(F)(F)F)c1. The van der Waals surface area contributed by atoms with Gasteiger partial charge in [0, 0.05) is 13.0 Å². The molecule has 1 N–H and O–H groups in total. The number of nitrogens with zero attached hydrogens (tertiary/aromatic N) is 1. The van der Waals surface area contributed by atoms with Gasteiger partial charge in [-0.1, -0.05) is 30.3 Å². The smallest absolute Gasteiger partial charge is 0.372 e. The molecule has 4 rings (SSSR count). The number of amides is 1. The molecule has 0 saturated carbocycles. The number of likely N-dealkylation sites (tertiary alicyclic amines) is 1. The Balaban J connectivity index is 1.65. The van der Waals surface area contributed by atoms with E-state index in [-0.39, 0.29) is 30.1 Å². The van der Waals surface area contributed by atoms with Gasteiger partial charge in [-0.2, -0.15) is 26.3 Å². The van der Waals surface area contributed by atoms with Crippen LogP contribution in [0.5, 0.6) is 0 Å². The van der Waals surface area contributed by atoms with Gasteiger partial charge in [0.1, 0.15) is 0 Å². The molecule has 2 heterocycles. The van der Waals surface area contributed by atoms with Gasteiger partial charge in [-0.25, -0.2) is 0 Å². The highest BCUT2D eigenvalue weighted by atomic mass is 35.5. The molecular weight excluding hydrogens is 522 g/mol. The summed E-state index contributed by atoms with van der Waals surface area (Å²) in [4.78, 5) is 13.9. The lowest BCUT2D eigenvalue weighted by Gasteiger charge is -2.52. The van der Waals surface area contributed by atoms with E-state index < -0.39 is 40.7 Å². The van der Waals surface area contributed by atoms with E-state index in [9.17, 15) is 31.1 Å². The first-order valence-electron chi connectivity index (χ1n) is 11.9. The molecule has 2 fully saturated rings. The van der Waals surface area contributed by atoms with E-state index in [1.807, 2.05) is 35.2 Å². The van der Waals surface area contributed by atoms with Crippen molar-refractivity contribution in [2.75, 3.05) is 19.2 Å². The summed E-state index contributed by atoms with van der Waals surface area (Å²) in [5.41, 5.74) is -3.35. The van der Waals surface area contributed by atoms with Crippen molar-refractivity contribution < 1.29 is 35.9 Å². The van der Waals surface area contributed by atoms with E-state index >= 15 is 0 Å². The Bertz CT molecular complexity index is 1090. The van der Waals surface area contributed by atoms with Crippen LogP contribution < -0.4 is 5.32 Å². The van der Waals surface area contributed by atoms with Crippen molar-refractivity contribution in [3.8, 4) is 0 Å². The summed E-state index contributed by atoms with van der Waals surface area (Å²) < 4.78 is 86.3. The Morgan fingerprint density at radius 2 is 1.62 bits per heavy atom. The fourth-order valence-electron chi connectivity index (χ4n) is 5.33. The lowest BCUT2D eigenvalue weighted by molar-refractivity contribution is -0.143. The topological polar surface area (TPSA) is 41.6 Å². The van der Waals surface area contributed by atoms with Crippen LogP contribution in [0.1, 0.15) is 61.0 Å². The van der Waals surface area contributed by atoms with Gasteiger partial charge in [-0.05, 0) is 55.5 Å². The third-order valence-corrected chi connectivity index (χ3v) is 7.75. The number of piperidine rings is 1. The molecule has 2 aliphatic rings. The highest BCUT2D eigenvalue weighted by Gasteiger charge is 2.51. The number of benzene rings is 2. The van der Waals surface area contributed by atoms with Crippen LogP contribution in [0.25, 0.3) is 0 Å².